The van der Waals surface area contributed by atoms with Crippen LogP contribution in [0.2, 0.25) is 0 Å². The molecule has 0 bridgehead atoms. The molecule has 202 valence electrons. The highest BCUT2D eigenvalue weighted by atomic mass is 16.7. The first-order valence-electron chi connectivity index (χ1n) is 12.8. The molecule has 2 heterocycles. The number of ether oxygens (including phenoxy) is 8. The summed E-state index contributed by atoms with van der Waals surface area (Å²) in [5, 5.41) is 10.8. The molecule has 2 saturated heterocycles. The fourth-order valence-electron chi connectivity index (χ4n) is 4.79. The quantitative estimate of drug-likeness (QED) is 0.257. The van der Waals surface area contributed by atoms with E-state index in [1.807, 2.05) is 13.8 Å². The zero-order chi connectivity index (χ0) is 24.8. The Bertz CT molecular complexity index is 523. The van der Waals surface area contributed by atoms with Gasteiger partial charge in [0.25, 0.3) is 0 Å². The highest BCUT2D eigenvalue weighted by Gasteiger charge is 2.45. The molecule has 0 amide bonds. The van der Waals surface area contributed by atoms with Gasteiger partial charge in [0.1, 0.15) is 13.6 Å². The van der Waals surface area contributed by atoms with Gasteiger partial charge in [0.15, 0.2) is 6.29 Å². The average molecular weight is 493 g/mol. The molecule has 2 fully saturated rings. The second-order valence-electron chi connectivity index (χ2n) is 9.42. The fourth-order valence-corrected chi connectivity index (χ4v) is 4.79. The summed E-state index contributed by atoms with van der Waals surface area (Å²) in [5.74, 6) is 0. The van der Waals surface area contributed by atoms with Crippen LogP contribution in [0.15, 0.2) is 0 Å². The van der Waals surface area contributed by atoms with E-state index in [-0.39, 0.29) is 44.3 Å². The molecule has 0 aliphatic carbocycles. The molecule has 2 rings (SSSR count). The van der Waals surface area contributed by atoms with E-state index in [9.17, 15) is 5.11 Å². The highest BCUT2D eigenvalue weighted by molar-refractivity contribution is 4.94. The van der Waals surface area contributed by atoms with Gasteiger partial charge in [0.2, 0.25) is 0 Å². The van der Waals surface area contributed by atoms with Crippen LogP contribution in [0.4, 0.5) is 0 Å². The summed E-state index contributed by atoms with van der Waals surface area (Å²) in [6.07, 6.45) is 4.97. The van der Waals surface area contributed by atoms with Crippen LogP contribution in [-0.2, 0) is 37.9 Å². The zero-order valence-electron chi connectivity index (χ0n) is 21.9. The zero-order valence-corrected chi connectivity index (χ0v) is 21.9. The van der Waals surface area contributed by atoms with Crippen molar-refractivity contribution in [3.05, 3.63) is 0 Å². The van der Waals surface area contributed by atoms with Crippen LogP contribution in [-0.4, -0.2) is 95.1 Å². The molecule has 1 N–H and O–H groups in total. The molecule has 1 unspecified atom stereocenters. The predicted molar refractivity (Wildman–Crippen MR) is 126 cm³/mol. The molecule has 7 atom stereocenters. The molecule has 0 saturated carbocycles. The lowest BCUT2D eigenvalue weighted by Gasteiger charge is -2.36. The lowest BCUT2D eigenvalue weighted by molar-refractivity contribution is -0.196. The fraction of sp³-hybridized carbons (Fsp3) is 1.00. The summed E-state index contributed by atoms with van der Waals surface area (Å²) in [6, 6.07) is 0. The maximum atomic E-state index is 10.8. The van der Waals surface area contributed by atoms with Gasteiger partial charge in [-0.3, -0.25) is 0 Å². The van der Waals surface area contributed by atoms with E-state index in [0.29, 0.717) is 26.2 Å². The maximum Gasteiger partial charge on any atom is 0.154 e. The third kappa shape index (κ3) is 9.95. The molecule has 9 nitrogen and oxygen atoms in total. The monoisotopic (exact) mass is 492 g/mol. The van der Waals surface area contributed by atoms with E-state index in [1.54, 1.807) is 14.2 Å². The number of aliphatic hydroxyl groups is 1. The Morgan fingerprint density at radius 2 is 1.68 bits per heavy atom. The Labute approximate surface area is 205 Å². The van der Waals surface area contributed by atoms with Gasteiger partial charge in [0.05, 0.1) is 36.1 Å². The second-order valence-corrected chi connectivity index (χ2v) is 9.42. The van der Waals surface area contributed by atoms with Gasteiger partial charge in [-0.15, -0.1) is 0 Å². The summed E-state index contributed by atoms with van der Waals surface area (Å²) in [6.45, 7) is 8.26. The summed E-state index contributed by atoms with van der Waals surface area (Å²) in [5.41, 5.74) is -0.482. The van der Waals surface area contributed by atoms with Gasteiger partial charge in [-0.2, -0.15) is 0 Å². The van der Waals surface area contributed by atoms with Crippen molar-refractivity contribution in [2.24, 2.45) is 0 Å². The normalized spacial score (nSPS) is 33.2. The second kappa shape index (κ2) is 16.4. The Kier molecular flexibility index (Phi) is 14.4. The first kappa shape index (κ1) is 29.9. The van der Waals surface area contributed by atoms with Crippen molar-refractivity contribution in [2.45, 2.75) is 115 Å². The Balaban J connectivity index is 1.96. The van der Waals surface area contributed by atoms with Crippen molar-refractivity contribution < 1.29 is 43.0 Å². The average Bonchev–Trinajstić information content (AvgIpc) is 3.04. The number of hydrogen-bond acceptors (Lipinski definition) is 9. The molecule has 0 aromatic heterocycles. The summed E-state index contributed by atoms with van der Waals surface area (Å²) < 4.78 is 46.0. The van der Waals surface area contributed by atoms with E-state index in [1.165, 1.54) is 0 Å². The van der Waals surface area contributed by atoms with Gasteiger partial charge < -0.3 is 43.0 Å². The number of fused-ring (bicyclic) bond motifs is 1. The van der Waals surface area contributed by atoms with Gasteiger partial charge in [-0.1, -0.05) is 0 Å². The Hall–Kier alpha value is -0.360. The van der Waals surface area contributed by atoms with E-state index in [4.69, 9.17) is 37.9 Å². The predicted octanol–water partition coefficient (Wildman–Crippen LogP) is 3.40. The van der Waals surface area contributed by atoms with Crippen LogP contribution in [0.25, 0.3) is 0 Å². The Morgan fingerprint density at radius 1 is 0.941 bits per heavy atom. The van der Waals surface area contributed by atoms with Crippen LogP contribution in [0, 0.1) is 0 Å². The minimum atomic E-state index is -0.503. The highest BCUT2D eigenvalue weighted by Crippen LogP contribution is 2.38. The summed E-state index contributed by atoms with van der Waals surface area (Å²) in [4.78, 5) is 0. The molecule has 34 heavy (non-hydrogen) atoms. The van der Waals surface area contributed by atoms with Crippen molar-refractivity contribution in [1.82, 2.24) is 0 Å². The van der Waals surface area contributed by atoms with Crippen molar-refractivity contribution in [1.29, 1.82) is 0 Å². The van der Waals surface area contributed by atoms with Crippen LogP contribution >= 0.6 is 0 Å². The molecule has 0 radical (unpaired) electrons. The first-order chi connectivity index (χ1) is 16.4. The minimum Gasteiger partial charge on any atom is -0.390 e. The molecule has 0 aromatic rings. The molecular formula is C25H48O9. The Morgan fingerprint density at radius 3 is 2.41 bits per heavy atom. The van der Waals surface area contributed by atoms with Gasteiger partial charge >= 0.3 is 0 Å². The summed E-state index contributed by atoms with van der Waals surface area (Å²) >= 11 is 0. The topological polar surface area (TPSA) is 94.1 Å². The van der Waals surface area contributed by atoms with Gasteiger partial charge in [-0.25, -0.2) is 0 Å². The van der Waals surface area contributed by atoms with E-state index < -0.39 is 11.7 Å². The third-order valence-electron chi connectivity index (χ3n) is 6.74. The molecule has 0 aromatic carbocycles. The van der Waals surface area contributed by atoms with Crippen molar-refractivity contribution >= 4 is 0 Å². The number of hydrogen-bond donors (Lipinski definition) is 1. The maximum absolute atomic E-state index is 10.8. The molecule has 2 aliphatic heterocycles. The molecular weight excluding hydrogens is 444 g/mol. The van der Waals surface area contributed by atoms with Crippen LogP contribution in [0.3, 0.4) is 0 Å². The lowest BCUT2D eigenvalue weighted by atomic mass is 9.90. The minimum absolute atomic E-state index is 0.0771. The van der Waals surface area contributed by atoms with Crippen LogP contribution in [0.1, 0.15) is 72.1 Å². The summed E-state index contributed by atoms with van der Waals surface area (Å²) in [7, 11) is 3.25. The number of methoxy groups -OCH3 is 2. The first-order valence-corrected chi connectivity index (χ1v) is 12.8. The molecule has 0 spiro atoms. The number of aliphatic hydroxyl groups excluding tert-OH is 1. The molecule has 9 heteroatoms. The smallest absolute Gasteiger partial charge is 0.154 e. The lowest BCUT2D eigenvalue weighted by Crippen LogP contribution is -2.44. The SMILES string of the molecule is CCOC(C)OCCC[C@H]1O[C@@H]2CC[C@](C)(OCOC)[C@@H](CCCOCOC)O[C@H]2CC[C@@H]1O. The largest absolute Gasteiger partial charge is 0.390 e. The van der Waals surface area contributed by atoms with E-state index in [0.717, 1.165) is 44.9 Å². The standard InChI is InChI=1S/C25H48O9/c1-6-30-19(2)31-16-7-9-21-20(26)11-12-22-23(33-21)13-14-25(3,32-18-28-5)24(34-22)10-8-15-29-17-27-4/h19-24,26H,6-18H2,1-5H3/t19?,20-,21+,22-,23+,24+,25-/m0/s1. The van der Waals surface area contributed by atoms with Crippen molar-refractivity contribution in [3.8, 4) is 0 Å². The molecule has 2 aliphatic rings. The van der Waals surface area contributed by atoms with Gasteiger partial charge in [-0.05, 0) is 72.1 Å². The number of rotatable bonds is 16. The van der Waals surface area contributed by atoms with Crippen molar-refractivity contribution in [2.75, 3.05) is 47.6 Å². The third-order valence-corrected chi connectivity index (χ3v) is 6.74. The van der Waals surface area contributed by atoms with E-state index >= 15 is 0 Å². The van der Waals surface area contributed by atoms with Crippen molar-refractivity contribution in [3.63, 3.8) is 0 Å². The van der Waals surface area contributed by atoms with Crippen LogP contribution in [0.5, 0.6) is 0 Å². The van der Waals surface area contributed by atoms with Gasteiger partial charge in [0, 0.05) is 34.0 Å². The van der Waals surface area contributed by atoms with E-state index in [2.05, 4.69) is 6.92 Å². The van der Waals surface area contributed by atoms with Crippen LogP contribution < -0.4 is 0 Å².